The summed E-state index contributed by atoms with van der Waals surface area (Å²) in [4.78, 5) is 14.0. The lowest BCUT2D eigenvalue weighted by Crippen LogP contribution is -2.34. The van der Waals surface area contributed by atoms with E-state index in [1.165, 1.54) is 25.3 Å². The number of nitrogens with zero attached hydrogens (tertiary/aromatic N) is 1. The lowest BCUT2D eigenvalue weighted by molar-refractivity contribution is 0.0753. The van der Waals surface area contributed by atoms with E-state index in [4.69, 9.17) is 16.3 Å². The number of halogens is 2. The Labute approximate surface area is 110 Å². The molecule has 0 saturated heterocycles. The number of carbonyl (C=O) groups excluding carboxylic acids is 1. The first-order chi connectivity index (χ1) is 8.67. The molecule has 0 aromatic heterocycles. The molecule has 1 aromatic carbocycles. The molecule has 1 saturated carbocycles. The SMILES string of the molecule is COc1cc(C(=O)N(CCCl)C2CC2)ccc1F. The number of carbonyl (C=O) groups is 1. The average molecular weight is 272 g/mol. The molecule has 0 atom stereocenters. The number of hydrogen-bond acceptors (Lipinski definition) is 2. The minimum atomic E-state index is -0.468. The number of benzene rings is 1. The molecule has 1 amide bonds. The molecule has 1 fully saturated rings. The summed E-state index contributed by atoms with van der Waals surface area (Å²) >= 11 is 5.70. The number of amides is 1. The zero-order valence-corrected chi connectivity index (χ0v) is 10.9. The third kappa shape index (κ3) is 2.75. The van der Waals surface area contributed by atoms with Gasteiger partial charge in [-0.1, -0.05) is 0 Å². The van der Waals surface area contributed by atoms with Gasteiger partial charge >= 0.3 is 0 Å². The molecule has 2 rings (SSSR count). The van der Waals surface area contributed by atoms with Gasteiger partial charge in [-0.3, -0.25) is 4.79 Å². The Balaban J connectivity index is 2.21. The lowest BCUT2D eigenvalue weighted by atomic mass is 10.1. The normalized spacial score (nSPS) is 14.4. The van der Waals surface area contributed by atoms with Crippen LogP contribution in [0.25, 0.3) is 0 Å². The molecule has 0 unspecified atom stereocenters. The minimum absolute atomic E-state index is 0.0856. The predicted octanol–water partition coefficient (Wildman–Crippen LogP) is 2.68. The first-order valence-corrected chi connectivity index (χ1v) is 6.41. The van der Waals surface area contributed by atoms with Crippen molar-refractivity contribution in [2.24, 2.45) is 0 Å². The number of alkyl halides is 1. The van der Waals surface area contributed by atoms with Gasteiger partial charge in [0.15, 0.2) is 11.6 Å². The van der Waals surface area contributed by atoms with Gasteiger partial charge in [-0.2, -0.15) is 0 Å². The maximum atomic E-state index is 13.3. The van der Waals surface area contributed by atoms with Crippen molar-refractivity contribution in [3.8, 4) is 5.75 Å². The number of ether oxygens (including phenoxy) is 1. The molecule has 3 nitrogen and oxygen atoms in total. The fraction of sp³-hybridized carbons (Fsp3) is 0.462. The second-order valence-electron chi connectivity index (χ2n) is 4.27. The van der Waals surface area contributed by atoms with E-state index >= 15 is 0 Å². The molecule has 0 aliphatic heterocycles. The Bertz CT molecular complexity index is 449. The Kier molecular flexibility index (Phi) is 4.07. The van der Waals surface area contributed by atoms with E-state index < -0.39 is 5.82 Å². The van der Waals surface area contributed by atoms with E-state index in [9.17, 15) is 9.18 Å². The minimum Gasteiger partial charge on any atom is -0.494 e. The van der Waals surface area contributed by atoms with Gasteiger partial charge in [-0.05, 0) is 31.0 Å². The summed E-state index contributed by atoms with van der Waals surface area (Å²) in [6, 6.07) is 4.44. The molecule has 1 aliphatic carbocycles. The second kappa shape index (κ2) is 5.57. The highest BCUT2D eigenvalue weighted by Crippen LogP contribution is 2.29. The van der Waals surface area contributed by atoms with Crippen LogP contribution in [0.2, 0.25) is 0 Å². The number of hydrogen-bond donors (Lipinski definition) is 0. The predicted molar refractivity (Wildman–Crippen MR) is 67.7 cm³/mol. The largest absolute Gasteiger partial charge is 0.494 e. The Morgan fingerprint density at radius 1 is 1.56 bits per heavy atom. The van der Waals surface area contributed by atoms with E-state index in [0.717, 1.165) is 12.8 Å². The van der Waals surface area contributed by atoms with E-state index in [1.807, 2.05) is 0 Å². The highest BCUT2D eigenvalue weighted by molar-refractivity contribution is 6.18. The fourth-order valence-electron chi connectivity index (χ4n) is 1.89. The molecule has 18 heavy (non-hydrogen) atoms. The van der Waals surface area contributed by atoms with Crippen LogP contribution in [0.4, 0.5) is 4.39 Å². The summed E-state index contributed by atoms with van der Waals surface area (Å²) in [5, 5.41) is 0. The highest BCUT2D eigenvalue weighted by Gasteiger charge is 2.32. The van der Waals surface area contributed by atoms with Crippen molar-refractivity contribution in [2.45, 2.75) is 18.9 Å². The Morgan fingerprint density at radius 2 is 2.28 bits per heavy atom. The van der Waals surface area contributed by atoms with Crippen molar-refractivity contribution in [2.75, 3.05) is 19.5 Å². The molecule has 0 bridgehead atoms. The van der Waals surface area contributed by atoms with Crippen LogP contribution in [-0.2, 0) is 0 Å². The van der Waals surface area contributed by atoms with Gasteiger partial charge in [0.2, 0.25) is 0 Å². The molecule has 98 valence electrons. The van der Waals surface area contributed by atoms with Crippen LogP contribution in [-0.4, -0.2) is 36.4 Å². The van der Waals surface area contributed by atoms with Gasteiger partial charge in [-0.25, -0.2) is 4.39 Å². The van der Waals surface area contributed by atoms with Gasteiger partial charge in [0, 0.05) is 24.0 Å². The Morgan fingerprint density at radius 3 is 2.83 bits per heavy atom. The van der Waals surface area contributed by atoms with Crippen molar-refractivity contribution < 1.29 is 13.9 Å². The smallest absolute Gasteiger partial charge is 0.254 e. The average Bonchev–Trinajstić information content (AvgIpc) is 3.20. The summed E-state index contributed by atoms with van der Waals surface area (Å²) in [5.74, 6) is -0.0936. The highest BCUT2D eigenvalue weighted by atomic mass is 35.5. The van der Waals surface area contributed by atoms with E-state index in [-0.39, 0.29) is 17.7 Å². The topological polar surface area (TPSA) is 29.5 Å². The summed E-state index contributed by atoms with van der Waals surface area (Å²) in [5.41, 5.74) is 0.435. The lowest BCUT2D eigenvalue weighted by Gasteiger charge is -2.21. The first-order valence-electron chi connectivity index (χ1n) is 5.88. The van der Waals surface area contributed by atoms with E-state index in [0.29, 0.717) is 18.0 Å². The van der Waals surface area contributed by atoms with Gasteiger partial charge in [-0.15, -0.1) is 11.6 Å². The van der Waals surface area contributed by atoms with Crippen molar-refractivity contribution in [1.82, 2.24) is 4.90 Å². The Hall–Kier alpha value is -1.29. The summed E-state index contributed by atoms with van der Waals surface area (Å²) in [6.45, 7) is 0.519. The number of rotatable bonds is 5. The van der Waals surface area contributed by atoms with Crippen molar-refractivity contribution in [3.63, 3.8) is 0 Å². The molecule has 0 spiro atoms. The van der Waals surface area contributed by atoms with Crippen molar-refractivity contribution >= 4 is 17.5 Å². The second-order valence-corrected chi connectivity index (χ2v) is 4.65. The van der Waals surface area contributed by atoms with Crippen LogP contribution in [0, 0.1) is 5.82 Å². The molecule has 0 radical (unpaired) electrons. The van der Waals surface area contributed by atoms with Crippen molar-refractivity contribution in [1.29, 1.82) is 0 Å². The third-order valence-electron chi connectivity index (χ3n) is 2.97. The number of methoxy groups -OCH3 is 1. The molecule has 0 N–H and O–H groups in total. The first kappa shape index (κ1) is 13.1. The fourth-order valence-corrected chi connectivity index (χ4v) is 2.07. The maximum Gasteiger partial charge on any atom is 0.254 e. The zero-order valence-electron chi connectivity index (χ0n) is 10.2. The van der Waals surface area contributed by atoms with Crippen LogP contribution in [0.5, 0.6) is 5.75 Å². The third-order valence-corrected chi connectivity index (χ3v) is 3.14. The van der Waals surface area contributed by atoms with Gasteiger partial charge in [0.1, 0.15) is 0 Å². The van der Waals surface area contributed by atoms with E-state index in [2.05, 4.69) is 0 Å². The van der Waals surface area contributed by atoms with Crippen LogP contribution in [0.15, 0.2) is 18.2 Å². The molecular weight excluding hydrogens is 257 g/mol. The van der Waals surface area contributed by atoms with Gasteiger partial charge in [0.05, 0.1) is 7.11 Å². The molecule has 1 aromatic rings. The van der Waals surface area contributed by atoms with Gasteiger partial charge in [0.25, 0.3) is 5.91 Å². The van der Waals surface area contributed by atoms with Gasteiger partial charge < -0.3 is 9.64 Å². The zero-order chi connectivity index (χ0) is 13.1. The van der Waals surface area contributed by atoms with Crippen LogP contribution >= 0.6 is 11.6 Å². The molecular formula is C13H15ClFNO2. The summed E-state index contributed by atoms with van der Waals surface area (Å²) in [6.07, 6.45) is 2.03. The molecule has 5 heteroatoms. The molecule has 1 aliphatic rings. The summed E-state index contributed by atoms with van der Waals surface area (Å²) in [7, 11) is 1.38. The van der Waals surface area contributed by atoms with Crippen molar-refractivity contribution in [3.05, 3.63) is 29.6 Å². The van der Waals surface area contributed by atoms with Crippen LogP contribution < -0.4 is 4.74 Å². The summed E-state index contributed by atoms with van der Waals surface area (Å²) < 4.78 is 18.2. The monoisotopic (exact) mass is 271 g/mol. The quantitative estimate of drug-likeness (QED) is 0.771. The molecule has 0 heterocycles. The van der Waals surface area contributed by atoms with E-state index in [1.54, 1.807) is 4.90 Å². The standard InChI is InChI=1S/C13H15ClFNO2/c1-18-12-8-9(2-5-11(12)15)13(17)16(7-6-14)10-3-4-10/h2,5,8,10H,3-4,6-7H2,1H3. The van der Waals surface area contributed by atoms with Crippen LogP contribution in [0.1, 0.15) is 23.2 Å². The van der Waals surface area contributed by atoms with Crippen LogP contribution in [0.3, 0.4) is 0 Å². The maximum absolute atomic E-state index is 13.3.